The third-order valence-electron chi connectivity index (χ3n) is 3.71. The molecule has 0 bridgehead atoms. The standard InChI is InChI=1S/C19H20INO4/c1-24-17(14-8-4-3-5-9-14)18(22)21-16(19(23)25-2)12-13-7-6-10-15(20)11-13/h3-11,16-17H,12H2,1-2H3,(H,21,22)/t16-,17-/m1/s1. The van der Waals surface area contributed by atoms with Crippen LogP contribution in [0.2, 0.25) is 0 Å². The van der Waals surface area contributed by atoms with Crippen molar-refractivity contribution in [1.29, 1.82) is 0 Å². The van der Waals surface area contributed by atoms with Gasteiger partial charge in [-0.25, -0.2) is 4.79 Å². The number of esters is 1. The third-order valence-corrected chi connectivity index (χ3v) is 4.38. The summed E-state index contributed by atoms with van der Waals surface area (Å²) in [6.45, 7) is 0. The lowest BCUT2D eigenvalue weighted by Gasteiger charge is -2.21. The Kier molecular flexibility index (Phi) is 7.39. The van der Waals surface area contributed by atoms with Crippen LogP contribution in [-0.4, -0.2) is 32.1 Å². The second-order valence-electron chi connectivity index (χ2n) is 5.44. The van der Waals surface area contributed by atoms with Crippen LogP contribution in [0.4, 0.5) is 0 Å². The Bertz CT molecular complexity index is 720. The number of benzene rings is 2. The molecule has 6 heteroatoms. The highest BCUT2D eigenvalue weighted by Crippen LogP contribution is 2.17. The Morgan fingerprint density at radius 3 is 2.40 bits per heavy atom. The van der Waals surface area contributed by atoms with Crippen molar-refractivity contribution < 1.29 is 19.1 Å². The number of rotatable bonds is 7. The SMILES string of the molecule is COC(=O)[C@@H](Cc1cccc(I)c1)NC(=O)[C@H](OC)c1ccccc1. The van der Waals surface area contributed by atoms with Crippen molar-refractivity contribution in [3.8, 4) is 0 Å². The number of nitrogens with one attached hydrogen (secondary N) is 1. The maximum Gasteiger partial charge on any atom is 0.328 e. The number of amides is 1. The molecule has 0 spiro atoms. The van der Waals surface area contributed by atoms with Gasteiger partial charge in [-0.05, 0) is 45.9 Å². The predicted octanol–water partition coefficient (Wildman–Crippen LogP) is 2.88. The molecule has 0 saturated heterocycles. The maximum atomic E-state index is 12.6. The Morgan fingerprint density at radius 2 is 1.80 bits per heavy atom. The van der Waals surface area contributed by atoms with E-state index in [-0.39, 0.29) is 5.91 Å². The van der Waals surface area contributed by atoms with Crippen LogP contribution in [0, 0.1) is 3.57 Å². The zero-order valence-electron chi connectivity index (χ0n) is 14.1. The first-order valence-electron chi connectivity index (χ1n) is 7.75. The summed E-state index contributed by atoms with van der Waals surface area (Å²) in [6, 6.07) is 16.1. The molecular formula is C19H20INO4. The van der Waals surface area contributed by atoms with Crippen LogP contribution in [0.15, 0.2) is 54.6 Å². The molecule has 0 aromatic heterocycles. The van der Waals surface area contributed by atoms with Gasteiger partial charge >= 0.3 is 5.97 Å². The number of carbonyl (C=O) groups excluding carboxylic acids is 2. The van der Waals surface area contributed by atoms with E-state index in [1.54, 1.807) is 12.1 Å². The molecular weight excluding hydrogens is 433 g/mol. The van der Waals surface area contributed by atoms with Gasteiger partial charge in [-0.15, -0.1) is 0 Å². The molecule has 2 aromatic rings. The number of hydrogen-bond donors (Lipinski definition) is 1. The van der Waals surface area contributed by atoms with Crippen LogP contribution in [0.1, 0.15) is 17.2 Å². The molecule has 1 N–H and O–H groups in total. The molecule has 2 aromatic carbocycles. The topological polar surface area (TPSA) is 64.6 Å². The highest BCUT2D eigenvalue weighted by atomic mass is 127. The molecule has 132 valence electrons. The minimum Gasteiger partial charge on any atom is -0.467 e. The first kappa shape index (κ1) is 19.4. The fourth-order valence-corrected chi connectivity index (χ4v) is 3.11. The van der Waals surface area contributed by atoms with E-state index in [4.69, 9.17) is 9.47 Å². The molecule has 0 aliphatic rings. The monoisotopic (exact) mass is 453 g/mol. The highest BCUT2D eigenvalue weighted by molar-refractivity contribution is 14.1. The van der Waals surface area contributed by atoms with Crippen LogP contribution >= 0.6 is 22.6 Å². The highest BCUT2D eigenvalue weighted by Gasteiger charge is 2.27. The van der Waals surface area contributed by atoms with Crippen molar-refractivity contribution in [2.75, 3.05) is 14.2 Å². The van der Waals surface area contributed by atoms with Crippen molar-refractivity contribution in [2.24, 2.45) is 0 Å². The molecule has 25 heavy (non-hydrogen) atoms. The third kappa shape index (κ3) is 5.54. The molecule has 2 rings (SSSR count). The number of halogens is 1. The molecule has 0 saturated carbocycles. The van der Waals surface area contributed by atoms with Gasteiger partial charge in [-0.2, -0.15) is 0 Å². The summed E-state index contributed by atoms with van der Waals surface area (Å²) in [5.74, 6) is -0.871. The first-order valence-corrected chi connectivity index (χ1v) is 8.83. The van der Waals surface area contributed by atoms with E-state index in [0.29, 0.717) is 6.42 Å². The average Bonchev–Trinajstić information content (AvgIpc) is 2.62. The van der Waals surface area contributed by atoms with Crippen LogP contribution in [-0.2, 0) is 25.5 Å². The van der Waals surface area contributed by atoms with E-state index in [9.17, 15) is 9.59 Å². The number of carbonyl (C=O) groups is 2. The van der Waals surface area contributed by atoms with Crippen molar-refractivity contribution in [3.63, 3.8) is 0 Å². The van der Waals surface area contributed by atoms with Gasteiger partial charge in [0.1, 0.15) is 6.04 Å². The summed E-state index contributed by atoms with van der Waals surface area (Å²) in [4.78, 5) is 24.7. The maximum absolute atomic E-state index is 12.6. The number of ether oxygens (including phenoxy) is 2. The minimum atomic E-state index is -0.788. The van der Waals surface area contributed by atoms with E-state index in [1.165, 1.54) is 14.2 Å². The fraction of sp³-hybridized carbons (Fsp3) is 0.263. The fourth-order valence-electron chi connectivity index (χ4n) is 2.50. The van der Waals surface area contributed by atoms with Gasteiger partial charge in [0.25, 0.3) is 5.91 Å². The molecule has 0 unspecified atom stereocenters. The Morgan fingerprint density at radius 1 is 1.08 bits per heavy atom. The van der Waals surface area contributed by atoms with Crippen molar-refractivity contribution >= 4 is 34.5 Å². The normalized spacial score (nSPS) is 12.9. The van der Waals surface area contributed by atoms with Gasteiger partial charge < -0.3 is 14.8 Å². The van der Waals surface area contributed by atoms with E-state index in [0.717, 1.165) is 14.7 Å². The Hall–Kier alpha value is -1.93. The summed E-state index contributed by atoms with van der Waals surface area (Å²) >= 11 is 2.21. The van der Waals surface area contributed by atoms with E-state index < -0.39 is 18.1 Å². The number of hydrogen-bond acceptors (Lipinski definition) is 4. The van der Waals surface area contributed by atoms with E-state index in [2.05, 4.69) is 27.9 Å². The zero-order chi connectivity index (χ0) is 18.2. The lowest BCUT2D eigenvalue weighted by atomic mass is 10.0. The summed E-state index contributed by atoms with van der Waals surface area (Å²) < 4.78 is 11.2. The molecule has 0 radical (unpaired) electrons. The quantitative estimate of drug-likeness (QED) is 0.518. The molecule has 0 fully saturated rings. The van der Waals surface area contributed by atoms with Gasteiger partial charge in [-0.1, -0.05) is 42.5 Å². The van der Waals surface area contributed by atoms with Crippen LogP contribution in [0.25, 0.3) is 0 Å². The number of methoxy groups -OCH3 is 2. The van der Waals surface area contributed by atoms with Crippen LogP contribution in [0.5, 0.6) is 0 Å². The summed E-state index contributed by atoms with van der Waals surface area (Å²) in [6.07, 6.45) is -0.440. The molecule has 0 aliphatic heterocycles. The van der Waals surface area contributed by atoms with Crippen molar-refractivity contribution in [1.82, 2.24) is 5.32 Å². The zero-order valence-corrected chi connectivity index (χ0v) is 16.2. The largest absolute Gasteiger partial charge is 0.467 e. The summed E-state index contributed by atoms with van der Waals surface area (Å²) in [7, 11) is 2.77. The van der Waals surface area contributed by atoms with Crippen LogP contribution < -0.4 is 5.32 Å². The van der Waals surface area contributed by atoms with Gasteiger partial charge in [0.15, 0.2) is 6.10 Å². The van der Waals surface area contributed by atoms with Gasteiger partial charge in [0.2, 0.25) is 0 Å². The van der Waals surface area contributed by atoms with Crippen molar-refractivity contribution in [3.05, 3.63) is 69.3 Å². The molecule has 2 atom stereocenters. The van der Waals surface area contributed by atoms with Crippen molar-refractivity contribution in [2.45, 2.75) is 18.6 Å². The van der Waals surface area contributed by atoms with E-state index in [1.807, 2.05) is 42.5 Å². The Labute approximate surface area is 160 Å². The second kappa shape index (κ2) is 9.53. The van der Waals surface area contributed by atoms with E-state index >= 15 is 0 Å². The lowest BCUT2D eigenvalue weighted by Crippen LogP contribution is -2.45. The molecule has 1 amide bonds. The summed E-state index contributed by atoms with van der Waals surface area (Å²) in [5, 5.41) is 2.74. The molecule has 0 aliphatic carbocycles. The van der Waals surface area contributed by atoms with Gasteiger partial charge in [0.05, 0.1) is 7.11 Å². The molecule has 0 heterocycles. The Balaban J connectivity index is 2.15. The average molecular weight is 453 g/mol. The second-order valence-corrected chi connectivity index (χ2v) is 6.69. The molecule has 5 nitrogen and oxygen atoms in total. The minimum absolute atomic E-state index is 0.348. The lowest BCUT2D eigenvalue weighted by molar-refractivity contribution is -0.146. The van der Waals surface area contributed by atoms with Gasteiger partial charge in [0, 0.05) is 17.1 Å². The summed E-state index contributed by atoms with van der Waals surface area (Å²) in [5.41, 5.74) is 1.66. The van der Waals surface area contributed by atoms with Crippen LogP contribution in [0.3, 0.4) is 0 Å². The first-order chi connectivity index (χ1) is 12.0. The predicted molar refractivity (Wildman–Crippen MR) is 103 cm³/mol. The van der Waals surface area contributed by atoms with Gasteiger partial charge in [-0.3, -0.25) is 4.79 Å². The smallest absolute Gasteiger partial charge is 0.328 e.